The molecule has 1 amide bonds. The Morgan fingerprint density at radius 3 is 2.41 bits per heavy atom. The molecule has 1 saturated carbocycles. The third-order valence-corrected chi connectivity index (χ3v) is 6.17. The Morgan fingerprint density at radius 1 is 1.15 bits per heavy atom. The van der Waals surface area contributed by atoms with Gasteiger partial charge in [0.2, 0.25) is 11.7 Å². The highest BCUT2D eigenvalue weighted by Gasteiger charge is 2.51. The van der Waals surface area contributed by atoms with Crippen LogP contribution < -0.4 is 0 Å². The molecular formula is C19H24N2O6. The number of piperidine rings is 1. The van der Waals surface area contributed by atoms with Crippen molar-refractivity contribution in [2.75, 3.05) is 19.6 Å². The molecule has 3 heterocycles. The number of hydrogen-bond acceptors (Lipinski definition) is 5. The summed E-state index contributed by atoms with van der Waals surface area (Å²) < 4.78 is 5.32. The maximum Gasteiger partial charge on any atom is 0.371 e. The van der Waals surface area contributed by atoms with Gasteiger partial charge in [0.25, 0.3) is 0 Å². The highest BCUT2D eigenvalue weighted by atomic mass is 16.4. The first-order chi connectivity index (χ1) is 12.9. The fraction of sp³-hybridized carbons (Fsp3) is 0.632. The van der Waals surface area contributed by atoms with Gasteiger partial charge in [-0.05, 0) is 62.7 Å². The number of carboxylic acids is 2. The second kappa shape index (κ2) is 6.67. The zero-order valence-electron chi connectivity index (χ0n) is 15.1. The number of nitrogens with zero attached hydrogens (tertiary/aromatic N) is 2. The van der Waals surface area contributed by atoms with Crippen LogP contribution in [0.25, 0.3) is 0 Å². The van der Waals surface area contributed by atoms with Gasteiger partial charge < -0.3 is 19.5 Å². The molecule has 146 valence electrons. The fourth-order valence-corrected chi connectivity index (χ4v) is 4.42. The summed E-state index contributed by atoms with van der Waals surface area (Å²) in [6.45, 7) is 2.63. The molecule has 3 fully saturated rings. The van der Waals surface area contributed by atoms with E-state index in [2.05, 4.69) is 4.90 Å². The van der Waals surface area contributed by atoms with Gasteiger partial charge in [0.05, 0.1) is 6.54 Å². The maximum absolute atomic E-state index is 12.5. The molecule has 1 spiro atoms. The number of aromatic carboxylic acids is 1. The molecule has 4 rings (SSSR count). The van der Waals surface area contributed by atoms with E-state index in [1.807, 2.05) is 0 Å². The van der Waals surface area contributed by atoms with Crippen molar-refractivity contribution in [2.24, 2.45) is 11.3 Å². The average Bonchev–Trinajstić information content (AvgIpc) is 3.26. The Balaban J connectivity index is 1.38. The number of carbonyl (C=O) groups is 3. The SMILES string of the molecule is O=C(O)c1ccc(CN2CCC3(CC2)C[C@@H](C(=O)O)N(C(=O)C2CC2)C3)o1. The third-order valence-electron chi connectivity index (χ3n) is 6.17. The molecule has 2 saturated heterocycles. The summed E-state index contributed by atoms with van der Waals surface area (Å²) in [4.78, 5) is 38.9. The lowest BCUT2D eigenvalue weighted by atomic mass is 9.76. The second-order valence-corrected chi connectivity index (χ2v) is 8.15. The lowest BCUT2D eigenvalue weighted by Crippen LogP contribution is -2.43. The predicted molar refractivity (Wildman–Crippen MR) is 93.1 cm³/mol. The van der Waals surface area contributed by atoms with Crippen molar-refractivity contribution in [1.29, 1.82) is 0 Å². The summed E-state index contributed by atoms with van der Waals surface area (Å²) in [7, 11) is 0. The van der Waals surface area contributed by atoms with Gasteiger partial charge in [-0.25, -0.2) is 9.59 Å². The topological polar surface area (TPSA) is 111 Å². The Morgan fingerprint density at radius 2 is 1.85 bits per heavy atom. The molecule has 0 radical (unpaired) electrons. The number of hydrogen-bond donors (Lipinski definition) is 2. The van der Waals surface area contributed by atoms with Gasteiger partial charge in [0, 0.05) is 12.5 Å². The standard InChI is InChI=1S/C19H24N2O6/c22-16(12-1-2-12)21-11-19(9-14(21)17(23)24)5-7-20(8-6-19)10-13-3-4-15(27-13)18(25)26/h3-4,12,14H,1-2,5-11H2,(H,23,24)(H,25,26)/t14-/m0/s1. The Labute approximate surface area is 156 Å². The summed E-state index contributed by atoms with van der Waals surface area (Å²) in [5.41, 5.74) is -0.126. The van der Waals surface area contributed by atoms with Crippen LogP contribution in [-0.2, 0) is 16.1 Å². The first kappa shape index (κ1) is 18.0. The van der Waals surface area contributed by atoms with E-state index in [1.54, 1.807) is 11.0 Å². The Bertz CT molecular complexity index is 760. The van der Waals surface area contributed by atoms with Crippen molar-refractivity contribution in [1.82, 2.24) is 9.80 Å². The van der Waals surface area contributed by atoms with Crippen LogP contribution in [0.1, 0.15) is 48.4 Å². The monoisotopic (exact) mass is 376 g/mol. The highest BCUT2D eigenvalue weighted by Crippen LogP contribution is 2.45. The average molecular weight is 376 g/mol. The molecule has 8 heteroatoms. The molecule has 0 bridgehead atoms. The lowest BCUT2D eigenvalue weighted by molar-refractivity contribution is -0.148. The predicted octanol–water partition coefficient (Wildman–Crippen LogP) is 1.66. The Hall–Kier alpha value is -2.35. The molecule has 1 aromatic heterocycles. The van der Waals surface area contributed by atoms with Gasteiger partial charge in [-0.15, -0.1) is 0 Å². The minimum atomic E-state index is -1.08. The number of amides is 1. The van der Waals surface area contributed by atoms with Crippen molar-refractivity contribution in [3.63, 3.8) is 0 Å². The van der Waals surface area contributed by atoms with E-state index in [0.717, 1.165) is 38.8 Å². The van der Waals surface area contributed by atoms with Crippen molar-refractivity contribution in [3.8, 4) is 0 Å². The van der Waals surface area contributed by atoms with Crippen LogP contribution in [0.2, 0.25) is 0 Å². The van der Waals surface area contributed by atoms with E-state index in [-0.39, 0.29) is 23.0 Å². The van der Waals surface area contributed by atoms with E-state index in [9.17, 15) is 19.5 Å². The molecule has 8 nitrogen and oxygen atoms in total. The fourth-order valence-electron chi connectivity index (χ4n) is 4.42. The van der Waals surface area contributed by atoms with Crippen LogP contribution in [0.5, 0.6) is 0 Å². The first-order valence-corrected chi connectivity index (χ1v) is 9.45. The lowest BCUT2D eigenvalue weighted by Gasteiger charge is -2.38. The minimum absolute atomic E-state index is 0.0125. The maximum atomic E-state index is 12.5. The highest BCUT2D eigenvalue weighted by molar-refractivity contribution is 5.87. The normalized spacial score (nSPS) is 25.0. The molecular weight excluding hydrogens is 352 g/mol. The molecule has 2 aliphatic heterocycles. The van der Waals surface area contributed by atoms with Crippen LogP contribution in [0.15, 0.2) is 16.5 Å². The van der Waals surface area contributed by atoms with Crippen molar-refractivity contribution >= 4 is 17.8 Å². The number of carboxylic acid groups (broad SMARTS) is 2. The second-order valence-electron chi connectivity index (χ2n) is 8.15. The molecule has 0 aromatic carbocycles. The van der Waals surface area contributed by atoms with Crippen molar-refractivity contribution < 1.29 is 29.0 Å². The molecule has 3 aliphatic rings. The van der Waals surface area contributed by atoms with Gasteiger partial charge in [0.1, 0.15) is 11.8 Å². The van der Waals surface area contributed by atoms with E-state index < -0.39 is 18.0 Å². The summed E-state index contributed by atoms with van der Waals surface area (Å²) in [5, 5.41) is 18.5. The van der Waals surface area contributed by atoms with Gasteiger partial charge in [-0.1, -0.05) is 0 Å². The molecule has 0 unspecified atom stereocenters. The summed E-state index contributed by atoms with van der Waals surface area (Å²) in [6, 6.07) is 2.44. The Kier molecular flexibility index (Phi) is 4.46. The van der Waals surface area contributed by atoms with E-state index in [0.29, 0.717) is 25.3 Å². The molecule has 2 N–H and O–H groups in total. The van der Waals surface area contributed by atoms with Crippen LogP contribution in [0.4, 0.5) is 0 Å². The summed E-state index contributed by atoms with van der Waals surface area (Å²) >= 11 is 0. The zero-order valence-corrected chi connectivity index (χ0v) is 15.1. The van der Waals surface area contributed by atoms with Crippen molar-refractivity contribution in [3.05, 3.63) is 23.7 Å². The number of rotatable bonds is 5. The number of carbonyl (C=O) groups excluding carboxylic acids is 1. The minimum Gasteiger partial charge on any atom is -0.480 e. The van der Waals surface area contributed by atoms with Crippen molar-refractivity contribution in [2.45, 2.75) is 44.7 Å². The molecule has 1 atom stereocenters. The largest absolute Gasteiger partial charge is 0.480 e. The van der Waals surface area contributed by atoms with Gasteiger partial charge >= 0.3 is 11.9 Å². The van der Waals surface area contributed by atoms with E-state index in [4.69, 9.17) is 9.52 Å². The van der Waals surface area contributed by atoms with Crippen LogP contribution >= 0.6 is 0 Å². The molecule has 27 heavy (non-hydrogen) atoms. The van der Waals surface area contributed by atoms with E-state index in [1.165, 1.54) is 6.07 Å². The number of likely N-dealkylation sites (tertiary alicyclic amines) is 2. The van der Waals surface area contributed by atoms with Crippen LogP contribution in [0.3, 0.4) is 0 Å². The number of aliphatic carboxylic acids is 1. The zero-order chi connectivity index (χ0) is 19.2. The van der Waals surface area contributed by atoms with Gasteiger partial charge in [-0.2, -0.15) is 0 Å². The van der Waals surface area contributed by atoms with Crippen LogP contribution in [-0.4, -0.2) is 63.5 Å². The number of furan rings is 1. The van der Waals surface area contributed by atoms with Crippen LogP contribution in [0, 0.1) is 11.3 Å². The smallest absolute Gasteiger partial charge is 0.371 e. The molecule has 1 aromatic rings. The first-order valence-electron chi connectivity index (χ1n) is 9.45. The molecule has 1 aliphatic carbocycles. The summed E-state index contributed by atoms with van der Waals surface area (Å²) in [6.07, 6.45) is 3.95. The quantitative estimate of drug-likeness (QED) is 0.804. The van der Waals surface area contributed by atoms with Gasteiger partial charge in [0.15, 0.2) is 0 Å². The summed E-state index contributed by atoms with van der Waals surface area (Å²) in [5.74, 6) is -1.38. The van der Waals surface area contributed by atoms with Gasteiger partial charge in [-0.3, -0.25) is 9.69 Å². The third kappa shape index (κ3) is 3.58. The van der Waals surface area contributed by atoms with E-state index >= 15 is 0 Å².